The Morgan fingerprint density at radius 1 is 1.00 bits per heavy atom. The highest BCUT2D eigenvalue weighted by Crippen LogP contribution is 2.36. The summed E-state index contributed by atoms with van der Waals surface area (Å²) >= 11 is 0. The molecule has 0 saturated heterocycles. The lowest BCUT2D eigenvalue weighted by molar-refractivity contribution is 0.0131. The van der Waals surface area contributed by atoms with Gasteiger partial charge in [-0.1, -0.05) is 20.8 Å². The summed E-state index contributed by atoms with van der Waals surface area (Å²) in [5, 5.41) is 13.0. The minimum Gasteiger partial charge on any atom is -0.444 e. The van der Waals surface area contributed by atoms with Crippen LogP contribution in [0.15, 0.2) is 0 Å². The zero-order valence-electron chi connectivity index (χ0n) is 22.7. The maximum Gasteiger partial charge on any atom is 0.410 e. The number of nitrogens with zero attached hydrogens (tertiary/aromatic N) is 1. The largest absolute Gasteiger partial charge is 0.444 e. The van der Waals surface area contributed by atoms with Gasteiger partial charge in [0.05, 0.1) is 12.6 Å². The van der Waals surface area contributed by atoms with E-state index in [9.17, 15) is 14.7 Å². The second-order valence-electron chi connectivity index (χ2n) is 12.1. The third-order valence-electron chi connectivity index (χ3n) is 5.20. The molecular weight excluding hydrogens is 442 g/mol. The molecule has 4 N–H and O–H groups in total. The number of ether oxygens (including phenoxy) is 2. The fourth-order valence-electron chi connectivity index (χ4n) is 2.35. The Hall–Kier alpha value is -1.36. The van der Waals surface area contributed by atoms with Crippen molar-refractivity contribution in [2.45, 2.75) is 110 Å². The fourth-order valence-corrected chi connectivity index (χ4v) is 3.42. The third kappa shape index (κ3) is 14.5. The summed E-state index contributed by atoms with van der Waals surface area (Å²) in [6.45, 7) is 22.1. The first kappa shape index (κ1) is 31.6. The number of aliphatic hydroxyl groups excluding tert-OH is 1. The lowest BCUT2D eigenvalue weighted by Crippen LogP contribution is -2.47. The Balaban J connectivity index is 4.94. The molecule has 0 radical (unpaired) electrons. The van der Waals surface area contributed by atoms with Crippen molar-refractivity contribution in [2.75, 3.05) is 26.2 Å². The molecule has 0 spiro atoms. The van der Waals surface area contributed by atoms with Gasteiger partial charge in [-0.3, -0.25) is 0 Å². The maximum atomic E-state index is 12.7. The van der Waals surface area contributed by atoms with Crippen molar-refractivity contribution in [1.82, 2.24) is 10.2 Å². The SMILES string of the molecule is CC(C)(C)OC(=O)NC[C@@H](O)CN(CC[C@H](N)CO[Si](C)(C)C(C)(C)C)C(=O)OC(C)(C)C. The molecule has 10 heteroatoms. The summed E-state index contributed by atoms with van der Waals surface area (Å²) in [6.07, 6.45) is -1.68. The molecule has 0 rings (SSSR count). The van der Waals surface area contributed by atoms with Crippen LogP contribution in [-0.2, 0) is 13.9 Å². The molecule has 0 unspecified atom stereocenters. The second kappa shape index (κ2) is 12.4. The number of aliphatic hydroxyl groups is 1. The summed E-state index contributed by atoms with van der Waals surface area (Å²) in [6, 6.07) is -0.263. The molecule has 33 heavy (non-hydrogen) atoms. The minimum absolute atomic E-state index is 0.0134. The van der Waals surface area contributed by atoms with Crippen LogP contribution >= 0.6 is 0 Å². The molecule has 0 fully saturated rings. The number of carbonyl (C=O) groups excluding carboxylic acids is 2. The van der Waals surface area contributed by atoms with Gasteiger partial charge in [-0.15, -0.1) is 0 Å². The number of alkyl carbamates (subject to hydrolysis) is 1. The van der Waals surface area contributed by atoms with Crippen LogP contribution in [0.1, 0.15) is 68.7 Å². The van der Waals surface area contributed by atoms with Crippen molar-refractivity contribution in [3.8, 4) is 0 Å². The van der Waals surface area contributed by atoms with E-state index in [0.29, 0.717) is 19.6 Å². The van der Waals surface area contributed by atoms with E-state index in [2.05, 4.69) is 39.2 Å². The van der Waals surface area contributed by atoms with Crippen LogP contribution in [0, 0.1) is 0 Å². The van der Waals surface area contributed by atoms with E-state index in [1.807, 2.05) is 0 Å². The summed E-state index contributed by atoms with van der Waals surface area (Å²) < 4.78 is 16.8. The number of carbonyl (C=O) groups is 2. The molecule has 0 aromatic heterocycles. The lowest BCUT2D eigenvalue weighted by atomic mass is 10.2. The van der Waals surface area contributed by atoms with Gasteiger partial charge in [-0.05, 0) is 66.1 Å². The number of nitrogens with one attached hydrogen (secondary N) is 1. The van der Waals surface area contributed by atoms with E-state index in [1.54, 1.807) is 41.5 Å². The van der Waals surface area contributed by atoms with E-state index >= 15 is 0 Å². The van der Waals surface area contributed by atoms with Gasteiger partial charge in [0.15, 0.2) is 8.32 Å². The Labute approximate surface area is 201 Å². The molecule has 9 nitrogen and oxygen atoms in total. The molecule has 2 amide bonds. The third-order valence-corrected chi connectivity index (χ3v) is 9.70. The molecule has 0 bridgehead atoms. The number of hydrogen-bond donors (Lipinski definition) is 3. The highest BCUT2D eigenvalue weighted by Gasteiger charge is 2.37. The van der Waals surface area contributed by atoms with Crippen LogP contribution in [0.25, 0.3) is 0 Å². The Bertz CT molecular complexity index is 623. The van der Waals surface area contributed by atoms with Gasteiger partial charge in [0, 0.05) is 25.7 Å². The average Bonchev–Trinajstić information content (AvgIpc) is 2.57. The molecular formula is C23H49N3O6Si. The van der Waals surface area contributed by atoms with E-state index in [4.69, 9.17) is 19.6 Å². The van der Waals surface area contributed by atoms with Crippen molar-refractivity contribution in [1.29, 1.82) is 0 Å². The van der Waals surface area contributed by atoms with Crippen LogP contribution in [0.3, 0.4) is 0 Å². The van der Waals surface area contributed by atoms with Gasteiger partial charge in [0.25, 0.3) is 0 Å². The molecule has 0 aliphatic carbocycles. The number of amides is 2. The van der Waals surface area contributed by atoms with Gasteiger partial charge in [0.2, 0.25) is 0 Å². The van der Waals surface area contributed by atoms with Gasteiger partial charge in [-0.2, -0.15) is 0 Å². The fraction of sp³-hybridized carbons (Fsp3) is 0.913. The van der Waals surface area contributed by atoms with Crippen LogP contribution in [0.2, 0.25) is 18.1 Å². The van der Waals surface area contributed by atoms with Gasteiger partial charge in [-0.25, -0.2) is 9.59 Å². The van der Waals surface area contributed by atoms with Crippen molar-refractivity contribution in [3.63, 3.8) is 0 Å². The molecule has 0 aromatic carbocycles. The summed E-state index contributed by atoms with van der Waals surface area (Å²) in [5.41, 5.74) is 4.95. The van der Waals surface area contributed by atoms with Crippen LogP contribution in [0.5, 0.6) is 0 Å². The smallest absolute Gasteiger partial charge is 0.410 e. The first-order valence-electron chi connectivity index (χ1n) is 11.7. The highest BCUT2D eigenvalue weighted by atomic mass is 28.4. The maximum absolute atomic E-state index is 12.7. The van der Waals surface area contributed by atoms with E-state index in [-0.39, 0.29) is 24.2 Å². The number of hydrogen-bond acceptors (Lipinski definition) is 7. The lowest BCUT2D eigenvalue weighted by Gasteiger charge is -2.37. The predicted molar refractivity (Wildman–Crippen MR) is 134 cm³/mol. The molecule has 0 saturated carbocycles. The summed E-state index contributed by atoms with van der Waals surface area (Å²) in [5.74, 6) is 0. The van der Waals surface area contributed by atoms with Crippen LogP contribution < -0.4 is 11.1 Å². The molecule has 196 valence electrons. The van der Waals surface area contributed by atoms with E-state index in [0.717, 1.165) is 0 Å². The van der Waals surface area contributed by atoms with Crippen molar-refractivity contribution >= 4 is 20.5 Å². The monoisotopic (exact) mass is 491 g/mol. The minimum atomic E-state index is -1.92. The first-order chi connectivity index (χ1) is 14.6. The van der Waals surface area contributed by atoms with Crippen molar-refractivity contribution in [3.05, 3.63) is 0 Å². The molecule has 0 aliphatic heterocycles. The van der Waals surface area contributed by atoms with Crippen LogP contribution in [-0.4, -0.2) is 80.1 Å². The Kier molecular flexibility index (Phi) is 11.9. The van der Waals surface area contributed by atoms with E-state index < -0.39 is 37.8 Å². The van der Waals surface area contributed by atoms with Crippen molar-refractivity contribution in [2.24, 2.45) is 5.73 Å². The second-order valence-corrected chi connectivity index (χ2v) is 16.9. The predicted octanol–water partition coefficient (Wildman–Crippen LogP) is 3.85. The zero-order chi connectivity index (χ0) is 26.3. The molecule has 0 aliphatic rings. The summed E-state index contributed by atoms with van der Waals surface area (Å²) in [4.78, 5) is 25.9. The highest BCUT2D eigenvalue weighted by molar-refractivity contribution is 6.74. The zero-order valence-corrected chi connectivity index (χ0v) is 23.7. The normalized spacial score (nSPS) is 14.9. The van der Waals surface area contributed by atoms with Crippen molar-refractivity contribution < 1.29 is 28.6 Å². The van der Waals surface area contributed by atoms with E-state index in [1.165, 1.54) is 4.90 Å². The molecule has 2 atom stereocenters. The molecule has 0 heterocycles. The Morgan fingerprint density at radius 2 is 1.52 bits per heavy atom. The average molecular weight is 492 g/mol. The summed E-state index contributed by atoms with van der Waals surface area (Å²) in [7, 11) is -1.92. The number of nitrogens with two attached hydrogens (primary N) is 1. The number of rotatable bonds is 10. The Morgan fingerprint density at radius 3 is 1.97 bits per heavy atom. The standard InChI is InChI=1S/C23H49N3O6Si/c1-21(2,3)31-19(28)25-14-18(27)15-26(20(29)32-22(4,5)6)13-12-17(24)16-30-33(10,11)23(7,8)9/h17-18,27H,12-16,24H2,1-11H3,(H,25,28)/t17-,18+/m0/s1. The van der Waals surface area contributed by atoms with Gasteiger partial charge >= 0.3 is 12.2 Å². The molecule has 0 aromatic rings. The quantitative estimate of drug-likeness (QED) is 0.397. The first-order valence-corrected chi connectivity index (χ1v) is 14.6. The van der Waals surface area contributed by atoms with Crippen LogP contribution in [0.4, 0.5) is 9.59 Å². The van der Waals surface area contributed by atoms with Gasteiger partial charge in [0.1, 0.15) is 11.2 Å². The van der Waals surface area contributed by atoms with Gasteiger partial charge < -0.3 is 35.0 Å². The topological polar surface area (TPSA) is 123 Å².